The quantitative estimate of drug-likeness (QED) is 0.396. The molecule has 4 aromatic rings. The monoisotopic (exact) mass is 386 g/mol. The molecule has 0 aliphatic heterocycles. The van der Waals surface area contributed by atoms with Crippen LogP contribution in [-0.4, -0.2) is 33.3 Å². The lowest BCUT2D eigenvalue weighted by Crippen LogP contribution is -2.28. The summed E-state index contributed by atoms with van der Waals surface area (Å²) in [5.74, 6) is 0.247. The number of hydrogen-bond donors (Lipinski definition) is 0. The molecule has 0 saturated heterocycles. The lowest BCUT2D eigenvalue weighted by Gasteiger charge is -2.18. The molecule has 2 aromatic carbocycles. The second-order valence-electron chi connectivity index (χ2n) is 6.42. The van der Waals surface area contributed by atoms with Gasteiger partial charge in [-0.3, -0.25) is 14.0 Å². The van der Waals surface area contributed by atoms with Gasteiger partial charge in [-0.2, -0.15) is 0 Å². The molecule has 0 fully saturated rings. The minimum Gasteiger partial charge on any atom is -0.427 e. The van der Waals surface area contributed by atoms with Crippen LogP contribution in [0.15, 0.2) is 73.1 Å². The van der Waals surface area contributed by atoms with E-state index in [0.717, 1.165) is 5.56 Å². The first-order valence-corrected chi connectivity index (χ1v) is 8.99. The van der Waals surface area contributed by atoms with E-state index in [9.17, 15) is 9.59 Å². The second-order valence-corrected chi connectivity index (χ2v) is 6.42. The molecular weight excluding hydrogens is 368 g/mol. The zero-order valence-corrected chi connectivity index (χ0v) is 15.9. The number of carbonyl (C=O) groups excluding carboxylic acids is 2. The molecule has 7 heteroatoms. The zero-order chi connectivity index (χ0) is 20.4. The maximum absolute atomic E-state index is 13.4. The van der Waals surface area contributed by atoms with Gasteiger partial charge < -0.3 is 9.64 Å². The Labute approximate surface area is 167 Å². The largest absolute Gasteiger partial charge is 0.427 e. The van der Waals surface area contributed by atoms with E-state index in [-0.39, 0.29) is 5.91 Å². The molecule has 0 spiro atoms. The van der Waals surface area contributed by atoms with Gasteiger partial charge in [0, 0.05) is 37.6 Å². The first-order valence-electron chi connectivity index (χ1n) is 8.99. The average molecular weight is 386 g/mol. The summed E-state index contributed by atoms with van der Waals surface area (Å²) in [7, 11) is 1.69. The second kappa shape index (κ2) is 7.55. The van der Waals surface area contributed by atoms with Gasteiger partial charge in [0.05, 0.1) is 0 Å². The normalized spacial score (nSPS) is 10.7. The number of carbonyl (C=O) groups is 2. The molecule has 0 radical (unpaired) electrons. The Morgan fingerprint density at radius 1 is 1.00 bits per heavy atom. The highest BCUT2D eigenvalue weighted by Gasteiger charge is 2.24. The van der Waals surface area contributed by atoms with E-state index in [0.29, 0.717) is 28.6 Å². The molecule has 0 atom stereocenters. The lowest BCUT2D eigenvalue weighted by molar-refractivity contribution is -0.131. The molecule has 0 saturated carbocycles. The van der Waals surface area contributed by atoms with Crippen molar-refractivity contribution in [2.75, 3.05) is 11.9 Å². The van der Waals surface area contributed by atoms with E-state index in [4.69, 9.17) is 4.74 Å². The number of anilines is 1. The van der Waals surface area contributed by atoms with Crippen molar-refractivity contribution in [3.8, 4) is 17.0 Å². The molecule has 7 nitrogen and oxygen atoms in total. The molecular formula is C22H18N4O3. The van der Waals surface area contributed by atoms with Crippen LogP contribution in [0.25, 0.3) is 17.0 Å². The fraction of sp³-hybridized carbons (Fsp3) is 0.0909. The van der Waals surface area contributed by atoms with Crippen LogP contribution in [0.4, 0.5) is 5.69 Å². The van der Waals surface area contributed by atoms with E-state index in [1.165, 1.54) is 11.8 Å². The van der Waals surface area contributed by atoms with Crippen LogP contribution < -0.4 is 9.64 Å². The van der Waals surface area contributed by atoms with Crippen molar-refractivity contribution in [1.82, 2.24) is 14.4 Å². The van der Waals surface area contributed by atoms with Crippen LogP contribution in [0.5, 0.6) is 5.75 Å². The first-order chi connectivity index (χ1) is 14.0. The van der Waals surface area contributed by atoms with Gasteiger partial charge in [0.1, 0.15) is 17.1 Å². The van der Waals surface area contributed by atoms with E-state index >= 15 is 0 Å². The molecule has 0 aliphatic carbocycles. The Balaban J connectivity index is 1.75. The van der Waals surface area contributed by atoms with E-state index in [2.05, 4.69) is 9.97 Å². The smallest absolute Gasteiger partial charge is 0.308 e. The minimum atomic E-state index is -0.395. The summed E-state index contributed by atoms with van der Waals surface area (Å²) in [6.07, 6.45) is 3.41. The van der Waals surface area contributed by atoms with Crippen molar-refractivity contribution in [1.29, 1.82) is 0 Å². The molecule has 0 bridgehead atoms. The third kappa shape index (κ3) is 3.58. The molecule has 1 amide bonds. The van der Waals surface area contributed by atoms with Crippen LogP contribution in [0.3, 0.4) is 0 Å². The number of hydrogen-bond acceptors (Lipinski definition) is 5. The van der Waals surface area contributed by atoms with Crippen LogP contribution >= 0.6 is 0 Å². The minimum absolute atomic E-state index is 0.232. The highest BCUT2D eigenvalue weighted by Crippen LogP contribution is 2.27. The Bertz CT molecular complexity index is 1180. The summed E-state index contributed by atoms with van der Waals surface area (Å²) in [6.45, 7) is 1.34. The predicted octanol–water partition coefficient (Wildman–Crippen LogP) is 3.60. The summed E-state index contributed by atoms with van der Waals surface area (Å²) in [5.41, 5.74) is 2.48. The first kappa shape index (κ1) is 18.4. The zero-order valence-electron chi connectivity index (χ0n) is 15.9. The topological polar surface area (TPSA) is 76.8 Å². The SMILES string of the molecule is CC(=O)Oc1ccc(N(C)C(=O)c2c(-c3ccccc3)nc3ncccn23)cc1. The molecule has 29 heavy (non-hydrogen) atoms. The highest BCUT2D eigenvalue weighted by molar-refractivity contribution is 6.08. The van der Waals surface area contributed by atoms with Crippen molar-refractivity contribution in [2.45, 2.75) is 6.92 Å². The number of nitrogens with zero attached hydrogens (tertiary/aromatic N) is 4. The third-order valence-electron chi connectivity index (χ3n) is 4.44. The third-order valence-corrected chi connectivity index (χ3v) is 4.44. The molecule has 4 rings (SSSR count). The van der Waals surface area contributed by atoms with E-state index < -0.39 is 5.97 Å². The van der Waals surface area contributed by atoms with Crippen LogP contribution in [0.2, 0.25) is 0 Å². The van der Waals surface area contributed by atoms with Crippen LogP contribution in [0, 0.1) is 0 Å². The van der Waals surface area contributed by atoms with Gasteiger partial charge in [0.15, 0.2) is 0 Å². The molecule has 144 valence electrons. The van der Waals surface area contributed by atoms with Crippen molar-refractivity contribution in [3.05, 3.63) is 78.8 Å². The Morgan fingerprint density at radius 3 is 2.41 bits per heavy atom. The van der Waals surface area contributed by atoms with E-state index in [1.807, 2.05) is 30.3 Å². The van der Waals surface area contributed by atoms with Gasteiger partial charge >= 0.3 is 5.97 Å². The summed E-state index contributed by atoms with van der Waals surface area (Å²) >= 11 is 0. The number of esters is 1. The van der Waals surface area contributed by atoms with Gasteiger partial charge in [-0.25, -0.2) is 9.97 Å². The van der Waals surface area contributed by atoms with Crippen molar-refractivity contribution in [3.63, 3.8) is 0 Å². The molecule has 0 aliphatic rings. The Morgan fingerprint density at radius 2 is 1.72 bits per heavy atom. The lowest BCUT2D eigenvalue weighted by atomic mass is 10.1. The summed E-state index contributed by atoms with van der Waals surface area (Å²) < 4.78 is 6.74. The van der Waals surface area contributed by atoms with Crippen molar-refractivity contribution in [2.24, 2.45) is 0 Å². The predicted molar refractivity (Wildman–Crippen MR) is 109 cm³/mol. The van der Waals surface area contributed by atoms with Crippen LogP contribution in [0.1, 0.15) is 17.4 Å². The van der Waals surface area contributed by atoms with Gasteiger partial charge in [-0.05, 0) is 30.3 Å². The molecule has 2 heterocycles. The van der Waals surface area contributed by atoms with Gasteiger partial charge in [-0.15, -0.1) is 0 Å². The van der Waals surface area contributed by atoms with E-state index in [1.54, 1.807) is 54.2 Å². The number of aromatic nitrogens is 3. The van der Waals surface area contributed by atoms with Gasteiger partial charge in [0.25, 0.3) is 5.91 Å². The maximum atomic E-state index is 13.4. The summed E-state index contributed by atoms with van der Waals surface area (Å²) in [5, 5.41) is 0. The number of benzene rings is 2. The molecule has 0 unspecified atom stereocenters. The maximum Gasteiger partial charge on any atom is 0.308 e. The van der Waals surface area contributed by atoms with Crippen molar-refractivity contribution < 1.29 is 14.3 Å². The summed E-state index contributed by atoms with van der Waals surface area (Å²) in [6, 6.07) is 18.0. The fourth-order valence-electron chi connectivity index (χ4n) is 3.07. The Hall–Kier alpha value is -4.00. The van der Waals surface area contributed by atoms with Gasteiger partial charge in [-0.1, -0.05) is 30.3 Å². The number of ether oxygens (including phenoxy) is 1. The molecule has 2 aromatic heterocycles. The van der Waals surface area contributed by atoms with Gasteiger partial charge in [0.2, 0.25) is 5.78 Å². The number of imidazole rings is 1. The number of fused-ring (bicyclic) bond motifs is 1. The average Bonchev–Trinajstić information content (AvgIpc) is 3.13. The number of amides is 1. The fourth-order valence-corrected chi connectivity index (χ4v) is 3.07. The highest BCUT2D eigenvalue weighted by atomic mass is 16.5. The van der Waals surface area contributed by atoms with Crippen molar-refractivity contribution >= 4 is 23.3 Å². The van der Waals surface area contributed by atoms with Crippen LogP contribution in [-0.2, 0) is 4.79 Å². The standard InChI is InChI=1S/C22H18N4O3/c1-15(27)29-18-11-9-17(10-12-18)25(2)21(28)20-19(16-7-4-3-5-8-16)24-22-23-13-6-14-26(20)22/h3-14H,1-2H3. The summed E-state index contributed by atoms with van der Waals surface area (Å²) in [4.78, 5) is 34.9. The number of rotatable bonds is 4. The molecule has 0 N–H and O–H groups in total. The Kier molecular flexibility index (Phi) is 4.78.